The molecule has 0 atom stereocenters. The molecule has 268 valence electrons. The fourth-order valence-corrected chi connectivity index (χ4v) is 11.9. The highest BCUT2D eigenvalue weighted by atomic mass is 16.3. The van der Waals surface area contributed by atoms with Crippen molar-refractivity contribution in [3.63, 3.8) is 0 Å². The molecule has 0 saturated heterocycles. The molecule has 3 nitrogen and oxygen atoms in total. The van der Waals surface area contributed by atoms with Gasteiger partial charge in [-0.25, -0.2) is 0 Å². The van der Waals surface area contributed by atoms with Gasteiger partial charge in [-0.15, -0.1) is 0 Å². The van der Waals surface area contributed by atoms with E-state index in [2.05, 4.69) is 172 Å². The second-order valence-electron chi connectivity index (χ2n) is 18.4. The van der Waals surface area contributed by atoms with Gasteiger partial charge in [-0.2, -0.15) is 0 Å². The third-order valence-corrected chi connectivity index (χ3v) is 14.5. The van der Waals surface area contributed by atoms with Crippen molar-refractivity contribution in [1.82, 2.24) is 0 Å². The zero-order valence-corrected chi connectivity index (χ0v) is 32.5. The average molecular weight is 721 g/mol. The van der Waals surface area contributed by atoms with Crippen LogP contribution < -0.4 is 21.1 Å². The van der Waals surface area contributed by atoms with Crippen LogP contribution in [0.2, 0.25) is 0 Å². The maximum absolute atomic E-state index is 7.25. The van der Waals surface area contributed by atoms with Crippen LogP contribution >= 0.6 is 0 Å². The van der Waals surface area contributed by atoms with Gasteiger partial charge in [-0.3, -0.25) is 0 Å². The predicted molar refractivity (Wildman–Crippen MR) is 233 cm³/mol. The Morgan fingerprint density at radius 1 is 0.554 bits per heavy atom. The van der Waals surface area contributed by atoms with Gasteiger partial charge in [0.15, 0.2) is 0 Å². The molecule has 7 aromatic carbocycles. The summed E-state index contributed by atoms with van der Waals surface area (Å²) < 4.78 is 7.25. The van der Waals surface area contributed by atoms with E-state index in [9.17, 15) is 0 Å². The fourth-order valence-electron chi connectivity index (χ4n) is 11.9. The van der Waals surface area contributed by atoms with Gasteiger partial charge in [0.05, 0.1) is 5.41 Å². The van der Waals surface area contributed by atoms with E-state index in [0.29, 0.717) is 0 Å². The number of rotatable bonds is 0. The minimum absolute atomic E-state index is 0.0964. The molecule has 0 radical (unpaired) electrons. The third kappa shape index (κ3) is 3.54. The highest BCUT2D eigenvalue weighted by Gasteiger charge is 2.56. The Morgan fingerprint density at radius 2 is 1.20 bits per heavy atom. The van der Waals surface area contributed by atoms with E-state index < -0.39 is 5.41 Å². The van der Waals surface area contributed by atoms with Gasteiger partial charge in [0, 0.05) is 44.5 Å². The van der Waals surface area contributed by atoms with E-state index >= 15 is 0 Å². The van der Waals surface area contributed by atoms with Crippen molar-refractivity contribution in [2.24, 2.45) is 0 Å². The molecule has 0 saturated carbocycles. The highest BCUT2D eigenvalue weighted by molar-refractivity contribution is 6.95. The van der Waals surface area contributed by atoms with Crippen LogP contribution in [0.4, 0.5) is 22.7 Å². The van der Waals surface area contributed by atoms with Crippen molar-refractivity contribution in [2.45, 2.75) is 63.7 Å². The topological polar surface area (TPSA) is 28.4 Å². The highest BCUT2D eigenvalue weighted by Crippen LogP contribution is 2.64. The maximum atomic E-state index is 7.25. The summed E-state index contributed by atoms with van der Waals surface area (Å²) >= 11 is 0. The van der Waals surface area contributed by atoms with Crippen molar-refractivity contribution in [3.8, 4) is 22.3 Å². The van der Waals surface area contributed by atoms with E-state index in [1.165, 1.54) is 113 Å². The molecule has 1 spiro atoms. The first-order chi connectivity index (χ1) is 27.2. The number of hydrogen-bond acceptors (Lipinski definition) is 3. The summed E-state index contributed by atoms with van der Waals surface area (Å²) in [5.41, 5.74) is 23.9. The van der Waals surface area contributed by atoms with Crippen LogP contribution in [0.3, 0.4) is 0 Å². The number of hydrogen-bond donors (Lipinski definition) is 1. The number of nitrogens with one attached hydrogen (secondary N) is 1. The molecule has 0 amide bonds. The lowest BCUT2D eigenvalue weighted by molar-refractivity contribution is 0.332. The Bertz CT molecular complexity index is 3060. The molecule has 56 heavy (non-hydrogen) atoms. The quantitative estimate of drug-likeness (QED) is 0.158. The summed E-state index contributed by atoms with van der Waals surface area (Å²) in [6.07, 6.45) is 2.35. The van der Waals surface area contributed by atoms with E-state index in [-0.39, 0.29) is 17.7 Å². The summed E-state index contributed by atoms with van der Waals surface area (Å²) in [5.74, 6) is 0. The van der Waals surface area contributed by atoms with Crippen molar-refractivity contribution in [3.05, 3.63) is 166 Å². The summed E-state index contributed by atoms with van der Waals surface area (Å²) in [6.45, 7) is 11.8. The monoisotopic (exact) mass is 720 g/mol. The molecule has 4 heterocycles. The normalized spacial score (nSPS) is 17.7. The van der Waals surface area contributed by atoms with Crippen LogP contribution in [0, 0.1) is 6.92 Å². The van der Waals surface area contributed by atoms with Gasteiger partial charge >= 0.3 is 6.85 Å². The predicted octanol–water partition coefficient (Wildman–Crippen LogP) is 11.9. The molecule has 0 unspecified atom stereocenters. The third-order valence-electron chi connectivity index (χ3n) is 14.5. The first-order valence-corrected chi connectivity index (χ1v) is 20.3. The van der Waals surface area contributed by atoms with Gasteiger partial charge in [0.25, 0.3) is 0 Å². The van der Waals surface area contributed by atoms with Gasteiger partial charge < -0.3 is 14.5 Å². The zero-order valence-electron chi connectivity index (χ0n) is 32.5. The van der Waals surface area contributed by atoms with E-state index in [0.717, 1.165) is 16.9 Å². The second-order valence-corrected chi connectivity index (χ2v) is 18.4. The number of fused-ring (bicyclic) bond motifs is 18. The number of anilines is 4. The number of benzene rings is 7. The summed E-state index contributed by atoms with van der Waals surface area (Å²) in [5, 5.41) is 6.37. The van der Waals surface area contributed by atoms with Crippen LogP contribution in [0.25, 0.3) is 44.2 Å². The molecule has 2 aliphatic carbocycles. The largest absolute Gasteiger partial charge is 0.456 e. The summed E-state index contributed by atoms with van der Waals surface area (Å²) in [6, 6.07) is 48.8. The lowest BCUT2D eigenvalue weighted by Gasteiger charge is -2.51. The molecule has 5 aliphatic rings. The van der Waals surface area contributed by atoms with Crippen molar-refractivity contribution in [2.75, 3.05) is 10.1 Å². The molecule has 0 fully saturated rings. The molecular weight excluding hydrogens is 679 g/mol. The smallest absolute Gasteiger partial charge is 0.336 e. The Kier molecular flexibility index (Phi) is 5.61. The lowest BCUT2D eigenvalue weighted by atomic mass is 9.42. The van der Waals surface area contributed by atoms with E-state index in [4.69, 9.17) is 4.42 Å². The Labute approximate surface area is 328 Å². The number of nitrogens with zero attached hydrogens (tertiary/aromatic N) is 1. The molecular formula is C52H41BN2O. The van der Waals surface area contributed by atoms with E-state index in [1.807, 2.05) is 0 Å². The average Bonchev–Trinajstić information content (AvgIpc) is 3.72. The van der Waals surface area contributed by atoms with Crippen LogP contribution in [0.15, 0.2) is 132 Å². The lowest BCUT2D eigenvalue weighted by Crippen LogP contribution is -2.62. The molecule has 3 aliphatic heterocycles. The van der Waals surface area contributed by atoms with E-state index in [1.54, 1.807) is 0 Å². The van der Waals surface area contributed by atoms with Gasteiger partial charge in [-0.1, -0.05) is 119 Å². The van der Waals surface area contributed by atoms with Crippen LogP contribution in [0.1, 0.15) is 79.5 Å². The standard InChI is InChI=1S/C52H41BN2O/c1-29-25-35-32-15-12-19-39-48(32)55(44-20-11-10-18-38(44)52(39)36-16-8-6-13-30(36)31-14-7-9-17-37(31)52)53-46(35)43(26-29)54-42-22-21-33-34-27-40-41(28-45(34)56-49(33)47(42)53)51(4,5)24-23-50(40,2)3/h6-22,25-28,54H,23-24H2,1-5H3. The zero-order chi connectivity index (χ0) is 37.5. The van der Waals surface area contributed by atoms with Gasteiger partial charge in [-0.05, 0) is 128 Å². The first kappa shape index (κ1) is 31.2. The molecule has 1 N–H and O–H groups in total. The molecule has 8 aromatic rings. The summed E-state index contributed by atoms with van der Waals surface area (Å²) in [4.78, 5) is 2.69. The fraction of sp³-hybridized carbons (Fsp3) is 0.192. The van der Waals surface area contributed by atoms with Crippen molar-refractivity contribution in [1.29, 1.82) is 0 Å². The van der Waals surface area contributed by atoms with Gasteiger partial charge in [0.1, 0.15) is 11.2 Å². The second kappa shape index (κ2) is 10.0. The maximum Gasteiger partial charge on any atom is 0.336 e. The first-order valence-electron chi connectivity index (χ1n) is 20.3. The number of para-hydroxylation sites is 2. The van der Waals surface area contributed by atoms with Crippen molar-refractivity contribution < 1.29 is 4.42 Å². The summed E-state index contributed by atoms with van der Waals surface area (Å²) in [7, 11) is 0. The Balaban J connectivity index is 1.16. The SMILES string of the molecule is Cc1cc2c3c(c1)-c1cccc4c1N(B3c1c(ccc3c1oc1cc5c(cc13)C(C)(C)CCC5(C)C)N2)c1ccccc1C41c2ccccc2-c2ccccc21. The molecule has 0 bridgehead atoms. The Morgan fingerprint density at radius 3 is 1.95 bits per heavy atom. The Hall–Kier alpha value is -6.00. The van der Waals surface area contributed by atoms with Crippen LogP contribution in [-0.2, 0) is 16.2 Å². The molecule has 1 aromatic heterocycles. The van der Waals surface area contributed by atoms with Gasteiger partial charge in [0.2, 0.25) is 0 Å². The molecule has 13 rings (SSSR count). The number of aryl methyl sites for hydroxylation is 1. The minimum atomic E-state index is -0.463. The van der Waals surface area contributed by atoms with Crippen LogP contribution in [-0.4, -0.2) is 6.85 Å². The molecule has 4 heteroatoms. The van der Waals surface area contributed by atoms with Crippen LogP contribution in [0.5, 0.6) is 0 Å². The van der Waals surface area contributed by atoms with Crippen molar-refractivity contribution >= 4 is 62.5 Å². The minimum Gasteiger partial charge on any atom is -0.456 e. The number of furan rings is 1.